The molecule has 4 N–H and O–H groups in total. The van der Waals surface area contributed by atoms with Gasteiger partial charge in [-0.05, 0) is 12.8 Å². The van der Waals surface area contributed by atoms with E-state index in [9.17, 15) is 39.6 Å². The molecule has 0 saturated heterocycles. The minimum Gasteiger partial charge on any atom is -0.481 e. The van der Waals surface area contributed by atoms with Gasteiger partial charge in [-0.1, -0.05) is 162 Å². The number of hydrogen-bond donors (Lipinski definition) is 4. The van der Waals surface area contributed by atoms with Crippen LogP contribution in [0.5, 0.6) is 0 Å². The van der Waals surface area contributed by atoms with E-state index in [2.05, 4.69) is 13.8 Å². The number of Topliss-reactive ketones (excluding diaryl/α,β-unsaturated/α-hetero) is 1. The van der Waals surface area contributed by atoms with Gasteiger partial charge in [-0.3, -0.25) is 14.4 Å². The third-order valence-corrected chi connectivity index (χ3v) is 9.03. The normalized spacial score (nSPS) is 14.2. The van der Waals surface area contributed by atoms with Crippen molar-refractivity contribution in [2.45, 2.75) is 193 Å². The van der Waals surface area contributed by atoms with Crippen molar-refractivity contribution in [3.05, 3.63) is 0 Å². The van der Waals surface area contributed by atoms with Gasteiger partial charge in [0.05, 0.1) is 6.42 Å². The first-order valence-corrected chi connectivity index (χ1v) is 18.0. The Balaban J connectivity index is 4.51. The number of carbonyl (C=O) groups excluding carboxylic acids is 1. The molecule has 0 aliphatic carbocycles. The molecule has 258 valence electrons. The van der Waals surface area contributed by atoms with Crippen LogP contribution in [0.4, 0.5) is 0 Å². The lowest BCUT2D eigenvalue weighted by molar-refractivity contribution is -0.184. The molecule has 0 bridgehead atoms. The minimum atomic E-state index is -3.06. The van der Waals surface area contributed by atoms with Gasteiger partial charge in [0.2, 0.25) is 0 Å². The van der Waals surface area contributed by atoms with Crippen LogP contribution in [0.1, 0.15) is 187 Å². The first-order chi connectivity index (χ1) is 21.1. The number of carbonyl (C=O) groups is 4. The fourth-order valence-corrected chi connectivity index (χ4v) is 6.30. The number of hydrogen-bond acceptors (Lipinski definition) is 5. The summed E-state index contributed by atoms with van der Waals surface area (Å²) in [6.07, 6.45) is 26.4. The van der Waals surface area contributed by atoms with E-state index in [0.717, 1.165) is 51.4 Å². The van der Waals surface area contributed by atoms with Crippen LogP contribution in [0, 0.1) is 11.8 Å². The summed E-state index contributed by atoms with van der Waals surface area (Å²) in [5.41, 5.74) is -3.06. The molecule has 0 rings (SSSR count). The molecule has 0 aliphatic rings. The third-order valence-electron chi connectivity index (χ3n) is 9.03. The fourth-order valence-electron chi connectivity index (χ4n) is 6.30. The van der Waals surface area contributed by atoms with E-state index in [1.54, 1.807) is 0 Å². The summed E-state index contributed by atoms with van der Waals surface area (Å²) >= 11 is 0. The average molecular weight is 627 g/mol. The summed E-state index contributed by atoms with van der Waals surface area (Å²) in [5.74, 6) is -8.88. The van der Waals surface area contributed by atoms with Crippen LogP contribution >= 0.6 is 0 Å². The molecule has 8 nitrogen and oxygen atoms in total. The molecule has 0 aliphatic heterocycles. The fraction of sp³-hybridized carbons (Fsp3) is 0.889. The number of carboxylic acids is 3. The van der Waals surface area contributed by atoms with Gasteiger partial charge in [0.15, 0.2) is 5.60 Å². The van der Waals surface area contributed by atoms with Crippen molar-refractivity contribution in [1.29, 1.82) is 0 Å². The second-order valence-corrected chi connectivity index (χ2v) is 13.0. The van der Waals surface area contributed by atoms with Gasteiger partial charge in [-0.15, -0.1) is 0 Å². The maximum absolute atomic E-state index is 13.2. The van der Waals surface area contributed by atoms with E-state index in [4.69, 9.17) is 0 Å². The molecule has 8 heteroatoms. The SMILES string of the molecule is CCCCCCCCCCCCCCCCCCCCCC(C(=O)CCCCCCC)C(C(=O)O)C(O)(CC(=O)O)C(=O)O. The molecule has 0 heterocycles. The van der Waals surface area contributed by atoms with E-state index in [1.807, 2.05) is 0 Å². The van der Waals surface area contributed by atoms with Gasteiger partial charge in [0.1, 0.15) is 11.7 Å². The van der Waals surface area contributed by atoms with Gasteiger partial charge < -0.3 is 20.4 Å². The molecular formula is C36H66O8. The van der Waals surface area contributed by atoms with E-state index >= 15 is 0 Å². The van der Waals surface area contributed by atoms with Crippen molar-refractivity contribution in [1.82, 2.24) is 0 Å². The number of carboxylic acid groups (broad SMARTS) is 3. The minimum absolute atomic E-state index is 0.0973. The van der Waals surface area contributed by atoms with Gasteiger partial charge in [-0.2, -0.15) is 0 Å². The lowest BCUT2D eigenvalue weighted by Crippen LogP contribution is -2.55. The van der Waals surface area contributed by atoms with Crippen LogP contribution in [0.25, 0.3) is 0 Å². The number of aliphatic hydroxyl groups is 1. The first-order valence-electron chi connectivity index (χ1n) is 18.0. The summed E-state index contributed by atoms with van der Waals surface area (Å²) in [4.78, 5) is 48.7. The van der Waals surface area contributed by atoms with Crippen LogP contribution in [-0.4, -0.2) is 49.7 Å². The Morgan fingerprint density at radius 2 is 0.864 bits per heavy atom. The second kappa shape index (κ2) is 27.4. The number of rotatable bonds is 33. The Kier molecular flexibility index (Phi) is 26.1. The summed E-state index contributed by atoms with van der Waals surface area (Å²) < 4.78 is 0. The van der Waals surface area contributed by atoms with Crippen molar-refractivity contribution in [2.75, 3.05) is 0 Å². The first kappa shape index (κ1) is 42.0. The van der Waals surface area contributed by atoms with Crippen molar-refractivity contribution < 1.29 is 39.6 Å². The highest BCUT2D eigenvalue weighted by atomic mass is 16.4. The molecule has 0 aromatic rings. The summed E-state index contributed by atoms with van der Waals surface area (Å²) in [5, 5.41) is 39.6. The molecular weight excluding hydrogens is 560 g/mol. The molecule has 0 spiro atoms. The molecule has 44 heavy (non-hydrogen) atoms. The van der Waals surface area contributed by atoms with Crippen molar-refractivity contribution >= 4 is 23.7 Å². The highest BCUT2D eigenvalue weighted by Gasteiger charge is 2.54. The van der Waals surface area contributed by atoms with Crippen LogP contribution in [0.15, 0.2) is 0 Å². The monoisotopic (exact) mass is 626 g/mol. The Labute approximate surface area is 267 Å². The molecule has 3 atom stereocenters. The number of unbranched alkanes of at least 4 members (excludes halogenated alkanes) is 22. The lowest BCUT2D eigenvalue weighted by atomic mass is 9.71. The second-order valence-electron chi connectivity index (χ2n) is 13.0. The van der Waals surface area contributed by atoms with Gasteiger partial charge in [0.25, 0.3) is 0 Å². The van der Waals surface area contributed by atoms with E-state index < -0.39 is 47.5 Å². The zero-order chi connectivity index (χ0) is 33.1. The molecule has 0 saturated carbocycles. The average Bonchev–Trinajstić information content (AvgIpc) is 2.96. The Bertz CT molecular complexity index is 767. The predicted molar refractivity (Wildman–Crippen MR) is 176 cm³/mol. The maximum atomic E-state index is 13.2. The Morgan fingerprint density at radius 3 is 1.18 bits per heavy atom. The smallest absolute Gasteiger partial charge is 0.337 e. The summed E-state index contributed by atoms with van der Waals surface area (Å²) in [6, 6.07) is 0. The molecule has 0 aromatic carbocycles. The van der Waals surface area contributed by atoms with Crippen molar-refractivity contribution in [3.63, 3.8) is 0 Å². The van der Waals surface area contributed by atoms with Gasteiger partial charge >= 0.3 is 17.9 Å². The quantitative estimate of drug-likeness (QED) is 0.0526. The zero-order valence-electron chi connectivity index (χ0n) is 28.2. The zero-order valence-corrected chi connectivity index (χ0v) is 28.2. The van der Waals surface area contributed by atoms with Crippen LogP contribution in [-0.2, 0) is 19.2 Å². The van der Waals surface area contributed by atoms with Gasteiger partial charge in [0, 0.05) is 12.3 Å². The van der Waals surface area contributed by atoms with Crippen LogP contribution in [0.3, 0.4) is 0 Å². The maximum Gasteiger partial charge on any atom is 0.337 e. The highest BCUT2D eigenvalue weighted by Crippen LogP contribution is 2.35. The molecule has 3 unspecified atom stereocenters. The standard InChI is InChI=1S/C36H66O8/c1-3-5-7-9-10-11-12-13-14-15-16-17-18-19-20-21-22-24-25-27-30(31(37)28-26-23-8-6-4-2)33(34(40)41)36(44,35(42)43)29-32(38)39/h30,33,44H,3-29H2,1-2H3,(H,38,39)(H,40,41)(H,42,43). The van der Waals surface area contributed by atoms with E-state index in [0.29, 0.717) is 12.8 Å². The third kappa shape index (κ3) is 20.1. The van der Waals surface area contributed by atoms with Crippen LogP contribution in [0.2, 0.25) is 0 Å². The highest BCUT2D eigenvalue weighted by molar-refractivity contribution is 5.94. The number of aliphatic carboxylic acids is 3. The lowest BCUT2D eigenvalue weighted by Gasteiger charge is -2.33. The Morgan fingerprint density at radius 1 is 0.523 bits per heavy atom. The van der Waals surface area contributed by atoms with E-state index in [1.165, 1.54) is 89.9 Å². The molecule has 0 radical (unpaired) electrons. The summed E-state index contributed by atoms with van der Waals surface area (Å²) in [7, 11) is 0. The van der Waals surface area contributed by atoms with Crippen molar-refractivity contribution in [3.8, 4) is 0 Å². The topological polar surface area (TPSA) is 149 Å². The predicted octanol–water partition coefficient (Wildman–Crippen LogP) is 9.35. The number of ketones is 1. The molecule has 0 fully saturated rings. The largest absolute Gasteiger partial charge is 0.481 e. The molecule has 0 amide bonds. The van der Waals surface area contributed by atoms with Crippen molar-refractivity contribution in [2.24, 2.45) is 11.8 Å². The van der Waals surface area contributed by atoms with Gasteiger partial charge in [-0.25, -0.2) is 4.79 Å². The Hall–Kier alpha value is -1.96. The van der Waals surface area contributed by atoms with Crippen LogP contribution < -0.4 is 0 Å². The molecule has 0 aromatic heterocycles. The summed E-state index contributed by atoms with van der Waals surface area (Å²) in [6.45, 7) is 4.33. The van der Waals surface area contributed by atoms with E-state index in [-0.39, 0.29) is 12.8 Å².